The molecular formula is C10H11FN2O2S. The summed E-state index contributed by atoms with van der Waals surface area (Å²) < 4.78 is 17.8. The number of amides is 1. The van der Waals surface area contributed by atoms with Crippen molar-refractivity contribution >= 4 is 28.8 Å². The van der Waals surface area contributed by atoms with Crippen LogP contribution in [0.5, 0.6) is 5.75 Å². The Morgan fingerprint density at radius 2 is 2.31 bits per heavy atom. The Hall–Kier alpha value is -1.69. The van der Waals surface area contributed by atoms with Crippen molar-refractivity contribution in [1.82, 2.24) is 0 Å². The maximum absolute atomic E-state index is 12.8. The molecule has 1 amide bonds. The molecule has 0 unspecified atom stereocenters. The summed E-state index contributed by atoms with van der Waals surface area (Å²) in [5, 5.41) is 2.52. The Kier molecular flexibility index (Phi) is 4.19. The molecule has 86 valence electrons. The highest BCUT2D eigenvalue weighted by Crippen LogP contribution is 2.24. The summed E-state index contributed by atoms with van der Waals surface area (Å²) in [6.07, 6.45) is -0.0597. The second-order valence-electron chi connectivity index (χ2n) is 3.04. The third-order valence-electron chi connectivity index (χ3n) is 1.77. The van der Waals surface area contributed by atoms with E-state index in [1.807, 2.05) is 0 Å². The smallest absolute Gasteiger partial charge is 0.231 e. The number of carbonyl (C=O) groups excluding carboxylic acids is 1. The van der Waals surface area contributed by atoms with Crippen LogP contribution in [0.4, 0.5) is 10.1 Å². The van der Waals surface area contributed by atoms with Gasteiger partial charge in [0, 0.05) is 6.07 Å². The Labute approximate surface area is 97.6 Å². The van der Waals surface area contributed by atoms with Gasteiger partial charge in [-0.2, -0.15) is 0 Å². The first-order valence-electron chi connectivity index (χ1n) is 4.44. The summed E-state index contributed by atoms with van der Waals surface area (Å²) in [6.45, 7) is 0. The lowest BCUT2D eigenvalue weighted by Crippen LogP contribution is -2.20. The highest BCUT2D eigenvalue weighted by Gasteiger charge is 2.09. The Bertz CT molecular complexity index is 423. The Morgan fingerprint density at radius 1 is 1.62 bits per heavy atom. The summed E-state index contributed by atoms with van der Waals surface area (Å²) in [4.78, 5) is 11.4. The molecule has 0 aliphatic carbocycles. The van der Waals surface area contributed by atoms with Crippen LogP contribution < -0.4 is 15.8 Å². The molecule has 0 saturated carbocycles. The van der Waals surface area contributed by atoms with Gasteiger partial charge in [0.15, 0.2) is 0 Å². The number of hydrogen-bond donors (Lipinski definition) is 2. The van der Waals surface area contributed by atoms with E-state index in [9.17, 15) is 9.18 Å². The number of nitrogens with one attached hydrogen (secondary N) is 1. The molecule has 1 aromatic rings. The molecule has 0 saturated heterocycles. The number of carbonyl (C=O) groups is 1. The maximum atomic E-state index is 12.8. The van der Waals surface area contributed by atoms with Gasteiger partial charge >= 0.3 is 0 Å². The average molecular weight is 242 g/mol. The Morgan fingerprint density at radius 3 is 2.88 bits per heavy atom. The minimum Gasteiger partial charge on any atom is -0.494 e. The zero-order chi connectivity index (χ0) is 12.1. The number of ether oxygens (including phenoxy) is 1. The topological polar surface area (TPSA) is 64.3 Å². The van der Waals surface area contributed by atoms with Crippen LogP contribution in [-0.4, -0.2) is 18.0 Å². The van der Waals surface area contributed by atoms with E-state index < -0.39 is 5.82 Å². The number of nitrogens with two attached hydrogens (primary N) is 1. The highest BCUT2D eigenvalue weighted by atomic mass is 32.1. The van der Waals surface area contributed by atoms with E-state index in [1.165, 1.54) is 25.3 Å². The normalized spacial score (nSPS) is 9.62. The van der Waals surface area contributed by atoms with Gasteiger partial charge in [-0.3, -0.25) is 4.79 Å². The fourth-order valence-electron chi connectivity index (χ4n) is 1.12. The van der Waals surface area contributed by atoms with E-state index in [0.717, 1.165) is 0 Å². The van der Waals surface area contributed by atoms with Crippen LogP contribution >= 0.6 is 12.2 Å². The third kappa shape index (κ3) is 3.47. The summed E-state index contributed by atoms with van der Waals surface area (Å²) in [6, 6.07) is 3.81. The molecule has 0 bridgehead atoms. The molecule has 1 rings (SSSR count). The monoisotopic (exact) mass is 242 g/mol. The van der Waals surface area contributed by atoms with Crippen molar-refractivity contribution in [2.75, 3.05) is 12.4 Å². The van der Waals surface area contributed by atoms with Gasteiger partial charge in [0.05, 0.1) is 24.2 Å². The van der Waals surface area contributed by atoms with Crippen molar-refractivity contribution in [2.45, 2.75) is 6.42 Å². The summed E-state index contributed by atoms with van der Waals surface area (Å²) in [5.41, 5.74) is 5.60. The molecule has 4 nitrogen and oxygen atoms in total. The molecule has 1 aromatic carbocycles. The molecule has 6 heteroatoms. The second-order valence-corrected chi connectivity index (χ2v) is 3.56. The molecule has 16 heavy (non-hydrogen) atoms. The molecule has 0 aliphatic heterocycles. The van der Waals surface area contributed by atoms with Gasteiger partial charge in [0.2, 0.25) is 5.91 Å². The van der Waals surface area contributed by atoms with Crippen LogP contribution in [-0.2, 0) is 4.79 Å². The lowest BCUT2D eigenvalue weighted by Gasteiger charge is -2.09. The summed E-state index contributed by atoms with van der Waals surface area (Å²) in [5.74, 6) is -0.558. The average Bonchev–Trinajstić information content (AvgIpc) is 2.19. The number of halogens is 1. The van der Waals surface area contributed by atoms with E-state index in [2.05, 4.69) is 17.5 Å². The standard InChI is InChI=1S/C10H11FN2O2S/c1-15-8-4-6(11)2-3-7(8)13-10(14)5-9(12)16/h2-4H,5H2,1H3,(H2,12,16)(H,13,14). The van der Waals surface area contributed by atoms with E-state index in [1.54, 1.807) is 0 Å². The first-order chi connectivity index (χ1) is 7.52. The SMILES string of the molecule is COc1cc(F)ccc1NC(=O)CC(N)=S. The first-order valence-corrected chi connectivity index (χ1v) is 4.85. The second kappa shape index (κ2) is 5.41. The Balaban J connectivity index is 2.80. The van der Waals surface area contributed by atoms with Gasteiger partial charge in [-0.25, -0.2) is 4.39 Å². The molecular weight excluding hydrogens is 231 g/mol. The van der Waals surface area contributed by atoms with Crippen molar-refractivity contribution in [1.29, 1.82) is 0 Å². The quantitative estimate of drug-likeness (QED) is 0.784. The van der Waals surface area contributed by atoms with Gasteiger partial charge in [0.1, 0.15) is 11.6 Å². The minimum atomic E-state index is -0.441. The lowest BCUT2D eigenvalue weighted by molar-refractivity contribution is -0.115. The number of methoxy groups -OCH3 is 1. The zero-order valence-corrected chi connectivity index (χ0v) is 9.44. The van der Waals surface area contributed by atoms with Crippen LogP contribution in [0.1, 0.15) is 6.42 Å². The molecule has 0 fully saturated rings. The minimum absolute atomic E-state index is 0.0597. The number of benzene rings is 1. The zero-order valence-electron chi connectivity index (χ0n) is 8.62. The van der Waals surface area contributed by atoms with Crippen LogP contribution in [0.15, 0.2) is 18.2 Å². The van der Waals surface area contributed by atoms with Crippen molar-refractivity contribution < 1.29 is 13.9 Å². The lowest BCUT2D eigenvalue weighted by atomic mass is 10.2. The van der Waals surface area contributed by atoms with Crippen molar-refractivity contribution in [2.24, 2.45) is 5.73 Å². The summed E-state index contributed by atoms with van der Waals surface area (Å²) >= 11 is 4.60. The van der Waals surface area contributed by atoms with Gasteiger partial charge in [-0.15, -0.1) is 0 Å². The fourth-order valence-corrected chi connectivity index (χ4v) is 1.25. The molecule has 0 heterocycles. The molecule has 0 aliphatic rings. The van der Waals surface area contributed by atoms with E-state index in [0.29, 0.717) is 5.69 Å². The molecule has 0 radical (unpaired) electrons. The van der Waals surface area contributed by atoms with Crippen LogP contribution in [0, 0.1) is 5.82 Å². The molecule has 0 atom stereocenters. The van der Waals surface area contributed by atoms with E-state index >= 15 is 0 Å². The summed E-state index contributed by atoms with van der Waals surface area (Å²) in [7, 11) is 1.39. The van der Waals surface area contributed by atoms with Crippen LogP contribution in [0.2, 0.25) is 0 Å². The predicted molar refractivity (Wildman–Crippen MR) is 63.0 cm³/mol. The van der Waals surface area contributed by atoms with Crippen LogP contribution in [0.3, 0.4) is 0 Å². The van der Waals surface area contributed by atoms with E-state index in [4.69, 9.17) is 10.5 Å². The molecule has 0 spiro atoms. The highest BCUT2D eigenvalue weighted by molar-refractivity contribution is 7.80. The number of rotatable bonds is 4. The number of hydrogen-bond acceptors (Lipinski definition) is 3. The fraction of sp³-hybridized carbons (Fsp3) is 0.200. The van der Waals surface area contributed by atoms with Crippen LogP contribution in [0.25, 0.3) is 0 Å². The number of anilines is 1. The molecule has 3 N–H and O–H groups in total. The van der Waals surface area contributed by atoms with Crippen molar-refractivity contribution in [3.8, 4) is 5.75 Å². The maximum Gasteiger partial charge on any atom is 0.231 e. The van der Waals surface area contributed by atoms with Crippen molar-refractivity contribution in [3.63, 3.8) is 0 Å². The van der Waals surface area contributed by atoms with Gasteiger partial charge in [-0.1, -0.05) is 12.2 Å². The van der Waals surface area contributed by atoms with Gasteiger partial charge < -0.3 is 15.8 Å². The largest absolute Gasteiger partial charge is 0.494 e. The third-order valence-corrected chi connectivity index (χ3v) is 1.92. The molecule has 0 aromatic heterocycles. The van der Waals surface area contributed by atoms with Crippen molar-refractivity contribution in [3.05, 3.63) is 24.0 Å². The van der Waals surface area contributed by atoms with Gasteiger partial charge in [0.25, 0.3) is 0 Å². The number of thiocarbonyl (C=S) groups is 1. The van der Waals surface area contributed by atoms with E-state index in [-0.39, 0.29) is 23.1 Å². The van der Waals surface area contributed by atoms with Gasteiger partial charge in [-0.05, 0) is 12.1 Å². The predicted octanol–water partition coefficient (Wildman–Crippen LogP) is 1.45. The first kappa shape index (κ1) is 12.4.